The second-order valence-corrected chi connectivity index (χ2v) is 5.00. The monoisotopic (exact) mass is 249 g/mol. The molecule has 1 saturated heterocycles. The molecule has 1 unspecified atom stereocenters. The van der Waals surface area contributed by atoms with Gasteiger partial charge in [0.25, 0.3) is 0 Å². The van der Waals surface area contributed by atoms with Crippen molar-refractivity contribution < 1.29 is 4.74 Å². The highest BCUT2D eigenvalue weighted by molar-refractivity contribution is 5.43. The topological polar surface area (TPSA) is 38.2 Å². The van der Waals surface area contributed by atoms with Crippen LogP contribution < -0.4 is 4.90 Å². The molecule has 0 N–H and O–H groups in total. The van der Waals surface area contributed by atoms with E-state index in [1.54, 1.807) is 0 Å². The number of hydrogen-bond donors (Lipinski definition) is 0. The predicted molar refractivity (Wildman–Crippen MR) is 73.0 cm³/mol. The second kappa shape index (κ2) is 6.14. The van der Waals surface area contributed by atoms with Crippen molar-refractivity contribution in [3.63, 3.8) is 0 Å². The number of anilines is 1. The van der Waals surface area contributed by atoms with Crippen LogP contribution in [0.15, 0.2) is 6.20 Å². The van der Waals surface area contributed by atoms with Crippen molar-refractivity contribution in [2.45, 2.75) is 46.1 Å². The van der Waals surface area contributed by atoms with E-state index in [1.165, 1.54) is 6.42 Å². The fourth-order valence-corrected chi connectivity index (χ4v) is 2.38. The molecule has 0 aromatic carbocycles. The highest BCUT2D eigenvalue weighted by atomic mass is 16.5. The summed E-state index contributed by atoms with van der Waals surface area (Å²) >= 11 is 0. The molecule has 1 aromatic rings. The van der Waals surface area contributed by atoms with Crippen LogP contribution in [0, 0.1) is 13.8 Å². The molecule has 1 fully saturated rings. The van der Waals surface area contributed by atoms with Crippen LogP contribution in [-0.2, 0) is 4.74 Å². The van der Waals surface area contributed by atoms with Crippen LogP contribution in [0.25, 0.3) is 0 Å². The lowest BCUT2D eigenvalue weighted by molar-refractivity contribution is 0.0439. The fourth-order valence-electron chi connectivity index (χ4n) is 2.38. The van der Waals surface area contributed by atoms with Gasteiger partial charge in [-0.2, -0.15) is 0 Å². The summed E-state index contributed by atoms with van der Waals surface area (Å²) in [6.45, 7) is 9.03. The van der Waals surface area contributed by atoms with Gasteiger partial charge in [0, 0.05) is 25.9 Å². The number of ether oxygens (including phenoxy) is 1. The molecule has 100 valence electrons. The van der Waals surface area contributed by atoms with Crippen LogP contribution >= 0.6 is 0 Å². The molecular formula is C14H23N3O. The van der Waals surface area contributed by atoms with Crippen LogP contribution in [0.2, 0.25) is 0 Å². The first kappa shape index (κ1) is 13.3. The van der Waals surface area contributed by atoms with E-state index in [0.29, 0.717) is 6.10 Å². The van der Waals surface area contributed by atoms with E-state index < -0.39 is 0 Å². The van der Waals surface area contributed by atoms with Crippen LogP contribution in [0.5, 0.6) is 0 Å². The Morgan fingerprint density at radius 1 is 1.44 bits per heavy atom. The highest BCUT2D eigenvalue weighted by Gasteiger charge is 2.22. The lowest BCUT2D eigenvalue weighted by atomic mass is 10.1. The van der Waals surface area contributed by atoms with Gasteiger partial charge in [-0.15, -0.1) is 0 Å². The van der Waals surface area contributed by atoms with Gasteiger partial charge < -0.3 is 9.64 Å². The summed E-state index contributed by atoms with van der Waals surface area (Å²) in [7, 11) is 0. The normalized spacial score (nSPS) is 20.2. The lowest BCUT2D eigenvalue weighted by Crippen LogP contribution is -2.40. The van der Waals surface area contributed by atoms with E-state index in [0.717, 1.165) is 49.7 Å². The van der Waals surface area contributed by atoms with E-state index >= 15 is 0 Å². The van der Waals surface area contributed by atoms with Crippen molar-refractivity contribution in [1.82, 2.24) is 9.97 Å². The molecule has 1 aliphatic heterocycles. The summed E-state index contributed by atoms with van der Waals surface area (Å²) in [5.41, 5.74) is 1.99. The molecule has 2 heterocycles. The van der Waals surface area contributed by atoms with Gasteiger partial charge in [-0.05, 0) is 33.1 Å². The quantitative estimate of drug-likeness (QED) is 0.821. The largest absolute Gasteiger partial charge is 0.376 e. The van der Waals surface area contributed by atoms with E-state index in [4.69, 9.17) is 4.74 Å². The van der Waals surface area contributed by atoms with Crippen LogP contribution in [0.3, 0.4) is 0 Å². The third-order valence-electron chi connectivity index (χ3n) is 3.29. The summed E-state index contributed by atoms with van der Waals surface area (Å²) in [6.07, 6.45) is 5.59. The van der Waals surface area contributed by atoms with Crippen molar-refractivity contribution in [3.8, 4) is 0 Å². The van der Waals surface area contributed by atoms with Crippen LogP contribution in [-0.4, -0.2) is 35.8 Å². The molecule has 0 saturated carbocycles. The third-order valence-corrected chi connectivity index (χ3v) is 3.29. The Morgan fingerprint density at radius 3 is 3.06 bits per heavy atom. The molecule has 1 aliphatic rings. The van der Waals surface area contributed by atoms with Gasteiger partial charge in [-0.3, -0.25) is 4.98 Å². The molecule has 18 heavy (non-hydrogen) atoms. The summed E-state index contributed by atoms with van der Waals surface area (Å²) in [5, 5.41) is 0. The molecular weight excluding hydrogens is 226 g/mol. The minimum absolute atomic E-state index is 0.348. The zero-order valence-corrected chi connectivity index (χ0v) is 11.6. The first-order valence-electron chi connectivity index (χ1n) is 6.87. The Kier molecular flexibility index (Phi) is 4.53. The number of nitrogens with zero attached hydrogens (tertiary/aromatic N) is 3. The predicted octanol–water partition coefficient (Wildman–Crippen LogP) is 2.49. The van der Waals surface area contributed by atoms with Gasteiger partial charge in [0.05, 0.1) is 17.5 Å². The molecule has 1 atom stereocenters. The third kappa shape index (κ3) is 3.19. The van der Waals surface area contributed by atoms with Gasteiger partial charge in [-0.25, -0.2) is 4.98 Å². The first-order valence-corrected chi connectivity index (χ1v) is 6.87. The number of rotatable bonds is 4. The average molecular weight is 249 g/mol. The van der Waals surface area contributed by atoms with E-state index in [1.807, 2.05) is 20.0 Å². The second-order valence-electron chi connectivity index (χ2n) is 5.00. The lowest BCUT2D eigenvalue weighted by Gasteiger charge is -2.34. The van der Waals surface area contributed by atoms with E-state index in [9.17, 15) is 0 Å². The average Bonchev–Trinajstić information content (AvgIpc) is 2.39. The Bertz CT molecular complexity index is 395. The molecule has 2 rings (SSSR count). The Labute approximate surface area is 109 Å². The molecule has 0 spiro atoms. The maximum Gasteiger partial charge on any atom is 0.150 e. The number of hydrogen-bond acceptors (Lipinski definition) is 4. The Balaban J connectivity index is 2.05. The minimum Gasteiger partial charge on any atom is -0.376 e. The number of aryl methyl sites for hydroxylation is 2. The zero-order chi connectivity index (χ0) is 13.0. The highest BCUT2D eigenvalue weighted by Crippen LogP contribution is 2.21. The van der Waals surface area contributed by atoms with Crippen molar-refractivity contribution >= 4 is 5.82 Å². The molecule has 4 heteroatoms. The standard InChI is InChI=1S/C14H23N3O/c1-4-8-18-13-6-5-7-17(10-13)14-12(3)15-9-11(2)16-14/h9,13H,4-8,10H2,1-3H3. The van der Waals surface area contributed by atoms with Gasteiger partial charge in [-0.1, -0.05) is 6.92 Å². The van der Waals surface area contributed by atoms with Crippen LogP contribution in [0.4, 0.5) is 5.82 Å². The zero-order valence-electron chi connectivity index (χ0n) is 11.6. The molecule has 0 bridgehead atoms. The van der Waals surface area contributed by atoms with Gasteiger partial charge in [0.15, 0.2) is 0 Å². The molecule has 1 aromatic heterocycles. The summed E-state index contributed by atoms with van der Waals surface area (Å²) in [6, 6.07) is 0. The Hall–Kier alpha value is -1.16. The molecule has 0 radical (unpaired) electrons. The smallest absolute Gasteiger partial charge is 0.150 e. The first-order chi connectivity index (χ1) is 8.70. The summed E-state index contributed by atoms with van der Waals surface area (Å²) < 4.78 is 5.86. The van der Waals surface area contributed by atoms with E-state index in [-0.39, 0.29) is 0 Å². The maximum absolute atomic E-state index is 5.86. The molecule has 0 amide bonds. The minimum atomic E-state index is 0.348. The van der Waals surface area contributed by atoms with Crippen molar-refractivity contribution in [1.29, 1.82) is 0 Å². The van der Waals surface area contributed by atoms with Crippen LogP contribution in [0.1, 0.15) is 37.6 Å². The fraction of sp³-hybridized carbons (Fsp3) is 0.714. The van der Waals surface area contributed by atoms with Gasteiger partial charge in [0.1, 0.15) is 5.82 Å². The van der Waals surface area contributed by atoms with Crippen molar-refractivity contribution in [2.24, 2.45) is 0 Å². The van der Waals surface area contributed by atoms with Crippen molar-refractivity contribution in [3.05, 3.63) is 17.6 Å². The number of aromatic nitrogens is 2. The molecule has 4 nitrogen and oxygen atoms in total. The number of piperidine rings is 1. The van der Waals surface area contributed by atoms with E-state index in [2.05, 4.69) is 21.8 Å². The van der Waals surface area contributed by atoms with Gasteiger partial charge >= 0.3 is 0 Å². The maximum atomic E-state index is 5.86. The Morgan fingerprint density at radius 2 is 2.28 bits per heavy atom. The van der Waals surface area contributed by atoms with Crippen molar-refractivity contribution in [2.75, 3.05) is 24.6 Å². The summed E-state index contributed by atoms with van der Waals surface area (Å²) in [5.74, 6) is 1.03. The molecule has 0 aliphatic carbocycles. The summed E-state index contributed by atoms with van der Waals surface area (Å²) in [4.78, 5) is 11.3. The SMILES string of the molecule is CCCOC1CCCN(c2nc(C)cnc2C)C1. The van der Waals surface area contributed by atoms with Gasteiger partial charge in [0.2, 0.25) is 0 Å².